The highest BCUT2D eigenvalue weighted by molar-refractivity contribution is 5.26. The third kappa shape index (κ3) is 10.2. The van der Waals surface area contributed by atoms with Crippen molar-refractivity contribution in [1.29, 1.82) is 0 Å². The lowest BCUT2D eigenvalue weighted by Gasteiger charge is -2.61. The second kappa shape index (κ2) is 21.7. The van der Waals surface area contributed by atoms with E-state index >= 15 is 0 Å². The average molecular weight is 1050 g/mol. The van der Waals surface area contributed by atoms with Crippen molar-refractivity contribution in [2.45, 2.75) is 240 Å². The number of rotatable bonds is 13. The number of hydrogen-bond acceptors (Lipinski definition) is 22. The van der Waals surface area contributed by atoms with Gasteiger partial charge >= 0.3 is 0 Å². The zero-order valence-corrected chi connectivity index (χ0v) is 42.7. The van der Waals surface area contributed by atoms with Gasteiger partial charge in [-0.1, -0.05) is 20.8 Å². The standard InChI is InChI=1S/C51H84O22/c1-20(18-65-46-41(62)38(59)34(55)29(17-52)71-46)7-10-31-51(6,64)44-28(70-31)16-27-25-9-8-23-15-24(11-13-49(23,4)26(25)12-14-50(27,44)5)69-48-43(73-47-42(63)37(58)33(54)22(3)68-47)39(60)35(56)30(72-48)19-66-45-40(61)36(57)32(53)21(2)67-45/h10,20-30,32-48,52-64H,7-9,11-19H2,1-6H3/b31-10+/t20?,21-,22-,23?,24-,25+,26-,27-,28-,29+,30+,32-,33-,34+,35+,36+,37+,38-,39-,40+,41+,42+,43+,44-,45+,46+,47-,48+,49-,50-,51-/m0/s1. The Bertz CT molecular complexity index is 1890. The fourth-order valence-electron chi connectivity index (χ4n) is 15.1. The lowest BCUT2D eigenvalue weighted by atomic mass is 9.44. The van der Waals surface area contributed by atoms with Crippen LogP contribution in [-0.2, 0) is 42.6 Å². The van der Waals surface area contributed by atoms with Crippen LogP contribution in [0.1, 0.15) is 99.3 Å². The lowest BCUT2D eigenvalue weighted by molar-refractivity contribution is -0.375. The van der Waals surface area contributed by atoms with Crippen LogP contribution < -0.4 is 0 Å². The van der Waals surface area contributed by atoms with Crippen LogP contribution in [0.3, 0.4) is 0 Å². The van der Waals surface area contributed by atoms with Crippen molar-refractivity contribution in [1.82, 2.24) is 0 Å². The van der Waals surface area contributed by atoms with E-state index in [4.69, 9.17) is 42.6 Å². The van der Waals surface area contributed by atoms with Gasteiger partial charge in [-0.05, 0) is 125 Å². The molecule has 73 heavy (non-hydrogen) atoms. The third-order valence-electron chi connectivity index (χ3n) is 19.4. The highest BCUT2D eigenvalue weighted by Crippen LogP contribution is 2.71. The molecule has 22 nitrogen and oxygen atoms in total. The van der Waals surface area contributed by atoms with Crippen molar-refractivity contribution in [2.75, 3.05) is 19.8 Å². The maximum atomic E-state index is 12.4. The van der Waals surface area contributed by atoms with Crippen molar-refractivity contribution in [2.24, 2.45) is 46.3 Å². The molecule has 4 saturated carbocycles. The Kier molecular flexibility index (Phi) is 16.8. The molecule has 2 unspecified atom stereocenters. The summed E-state index contributed by atoms with van der Waals surface area (Å²) in [5.41, 5.74) is -1.40. The summed E-state index contributed by atoms with van der Waals surface area (Å²) in [6.45, 7) is 10.7. The van der Waals surface area contributed by atoms with Crippen molar-refractivity contribution < 1.29 is 109 Å². The zero-order chi connectivity index (χ0) is 52.8. The fraction of sp³-hybridized carbons (Fsp3) is 0.961. The molecule has 0 spiro atoms. The minimum Gasteiger partial charge on any atom is -0.492 e. The second-order valence-corrected chi connectivity index (χ2v) is 24.0. The molecule has 13 N–H and O–H groups in total. The molecule has 5 aliphatic heterocycles. The van der Waals surface area contributed by atoms with Gasteiger partial charge in [0.25, 0.3) is 0 Å². The second-order valence-electron chi connectivity index (χ2n) is 24.0. The summed E-state index contributed by atoms with van der Waals surface area (Å²) in [6.07, 6.45) is -19.6. The first kappa shape index (κ1) is 56.4. The maximum Gasteiger partial charge on any atom is 0.187 e. The van der Waals surface area contributed by atoms with Gasteiger partial charge < -0.3 is 109 Å². The smallest absolute Gasteiger partial charge is 0.187 e. The molecule has 9 aliphatic rings. The summed E-state index contributed by atoms with van der Waals surface area (Å²) in [7, 11) is 0. The summed E-state index contributed by atoms with van der Waals surface area (Å²) in [5, 5.41) is 139. The van der Waals surface area contributed by atoms with Gasteiger partial charge in [0.15, 0.2) is 25.2 Å². The number of ether oxygens (including phenoxy) is 9. The number of fused-ring (bicyclic) bond motifs is 7. The predicted molar refractivity (Wildman–Crippen MR) is 249 cm³/mol. The van der Waals surface area contributed by atoms with Crippen LogP contribution in [0.25, 0.3) is 0 Å². The molecule has 0 radical (unpaired) electrons. The van der Waals surface area contributed by atoms with Gasteiger partial charge in [-0.25, -0.2) is 0 Å². The zero-order valence-electron chi connectivity index (χ0n) is 42.7. The Hall–Kier alpha value is -1.30. The van der Waals surface area contributed by atoms with Crippen molar-refractivity contribution >= 4 is 0 Å². The summed E-state index contributed by atoms with van der Waals surface area (Å²) in [6, 6.07) is 0. The Morgan fingerprint density at radius 1 is 0.603 bits per heavy atom. The molecular weight excluding hydrogens is 965 g/mol. The van der Waals surface area contributed by atoms with Crippen LogP contribution in [0.2, 0.25) is 0 Å². The Morgan fingerprint density at radius 2 is 1.19 bits per heavy atom. The molecule has 0 aromatic heterocycles. The number of hydrogen-bond donors (Lipinski definition) is 13. The first-order chi connectivity index (χ1) is 34.4. The number of allylic oxidation sites excluding steroid dienone is 1. The van der Waals surface area contributed by atoms with E-state index in [-0.39, 0.29) is 47.4 Å². The van der Waals surface area contributed by atoms with Gasteiger partial charge in [0, 0.05) is 5.92 Å². The molecule has 5 heterocycles. The maximum absolute atomic E-state index is 12.4. The van der Waals surface area contributed by atoms with E-state index in [0.717, 1.165) is 38.5 Å². The van der Waals surface area contributed by atoms with Crippen LogP contribution >= 0.6 is 0 Å². The molecule has 9 fully saturated rings. The van der Waals surface area contributed by atoms with Crippen LogP contribution in [0.4, 0.5) is 0 Å². The van der Waals surface area contributed by atoms with Gasteiger partial charge in [0.05, 0.1) is 38.1 Å². The van der Waals surface area contributed by atoms with Crippen molar-refractivity contribution in [3.63, 3.8) is 0 Å². The SMILES string of the molecule is CC(C/C=C1/O[C@H]2C[C@H]3[C@@H]4CCC5C[C@@H](O[C@@H]6O[C@H](CO[C@@H]7O[C@@H](C)[C@H](O)[C@@H](O)[C@H]7O)[C@@H](O)[C@H](O)[C@H]6O[C@@H]6O[C@@H](C)[C@H](O)[C@@H](O)[C@H]6O)CC[C@]5(C)[C@H]4CC[C@]3(C)[C@H]2[C@@]1(C)O)CO[C@@H]1O[C@H](CO)[C@@H](O)[C@H](O)[C@H]1O. The molecular formula is C51H84O22. The van der Waals surface area contributed by atoms with Crippen LogP contribution in [-0.4, -0.2) is 227 Å². The summed E-state index contributed by atoms with van der Waals surface area (Å²) in [4.78, 5) is 0. The number of aliphatic hydroxyl groups is 13. The van der Waals surface area contributed by atoms with Gasteiger partial charge in [0.1, 0.15) is 103 Å². The molecule has 5 saturated heterocycles. The van der Waals surface area contributed by atoms with Crippen LogP contribution in [0.5, 0.6) is 0 Å². The summed E-state index contributed by atoms with van der Waals surface area (Å²) >= 11 is 0. The highest BCUT2D eigenvalue weighted by atomic mass is 16.8. The Labute approximate surface area is 426 Å². The quantitative estimate of drug-likeness (QED) is 0.0889. The molecule has 22 heteroatoms. The van der Waals surface area contributed by atoms with Crippen LogP contribution in [0, 0.1) is 46.3 Å². The molecule has 9 rings (SSSR count). The first-order valence-corrected chi connectivity index (χ1v) is 26.8. The fourth-order valence-corrected chi connectivity index (χ4v) is 15.1. The highest BCUT2D eigenvalue weighted by Gasteiger charge is 2.69. The third-order valence-corrected chi connectivity index (χ3v) is 19.4. The normalized spacial score (nSPS) is 56.0. The van der Waals surface area contributed by atoms with E-state index in [1.165, 1.54) is 13.8 Å². The minimum atomic E-state index is -1.72. The molecule has 420 valence electrons. The Balaban J connectivity index is 0.837. The van der Waals surface area contributed by atoms with E-state index in [1.807, 2.05) is 19.9 Å². The van der Waals surface area contributed by atoms with E-state index in [9.17, 15) is 66.4 Å². The summed E-state index contributed by atoms with van der Waals surface area (Å²) in [5.74, 6) is 1.79. The largest absolute Gasteiger partial charge is 0.492 e. The van der Waals surface area contributed by atoms with E-state index in [0.29, 0.717) is 42.8 Å². The number of aliphatic hydroxyl groups excluding tert-OH is 12. The first-order valence-electron chi connectivity index (χ1n) is 26.8. The van der Waals surface area contributed by atoms with Gasteiger partial charge in [-0.15, -0.1) is 0 Å². The van der Waals surface area contributed by atoms with Gasteiger partial charge in [-0.3, -0.25) is 0 Å². The van der Waals surface area contributed by atoms with E-state index in [1.54, 1.807) is 0 Å². The Morgan fingerprint density at radius 3 is 1.86 bits per heavy atom. The minimum absolute atomic E-state index is 0.0251. The molecule has 0 aromatic rings. The molecule has 0 bridgehead atoms. The topological polar surface area (TPSA) is 346 Å². The van der Waals surface area contributed by atoms with Gasteiger partial charge in [-0.2, -0.15) is 0 Å². The molecule has 31 atom stereocenters. The monoisotopic (exact) mass is 1050 g/mol. The molecule has 0 amide bonds. The van der Waals surface area contributed by atoms with Crippen molar-refractivity contribution in [3.05, 3.63) is 11.8 Å². The predicted octanol–water partition coefficient (Wildman–Crippen LogP) is -1.98. The van der Waals surface area contributed by atoms with Gasteiger partial charge in [0.2, 0.25) is 0 Å². The van der Waals surface area contributed by atoms with E-state index < -0.39 is 142 Å². The molecule has 4 aliphatic carbocycles. The van der Waals surface area contributed by atoms with E-state index in [2.05, 4.69) is 13.8 Å². The lowest BCUT2D eigenvalue weighted by Crippen LogP contribution is -2.65. The van der Waals surface area contributed by atoms with Crippen molar-refractivity contribution in [3.8, 4) is 0 Å². The summed E-state index contributed by atoms with van der Waals surface area (Å²) < 4.78 is 54.2. The average Bonchev–Trinajstić information content (AvgIpc) is 3.81. The van der Waals surface area contributed by atoms with Crippen LogP contribution in [0.15, 0.2) is 11.8 Å². The molecule has 0 aromatic carbocycles.